The van der Waals surface area contributed by atoms with E-state index in [1.807, 2.05) is 31.2 Å². The molecule has 4 amide bonds. The van der Waals surface area contributed by atoms with E-state index in [0.29, 0.717) is 30.2 Å². The third kappa shape index (κ3) is 4.22. The van der Waals surface area contributed by atoms with E-state index in [1.165, 1.54) is 13.2 Å². The van der Waals surface area contributed by atoms with Gasteiger partial charge in [-0.3, -0.25) is 14.9 Å². The van der Waals surface area contributed by atoms with Crippen LogP contribution >= 0.6 is 0 Å². The molecule has 8 nitrogen and oxygen atoms in total. The lowest BCUT2D eigenvalue weighted by Gasteiger charge is -2.29. The number of imide groups is 2. The molecule has 32 heavy (non-hydrogen) atoms. The fourth-order valence-electron chi connectivity index (χ4n) is 3.77. The summed E-state index contributed by atoms with van der Waals surface area (Å²) in [6.45, 7) is 4.89. The van der Waals surface area contributed by atoms with Gasteiger partial charge in [0.1, 0.15) is 11.3 Å². The van der Waals surface area contributed by atoms with Gasteiger partial charge in [-0.2, -0.15) is 0 Å². The zero-order chi connectivity index (χ0) is 22.7. The number of carbonyl (C=O) groups excluding carboxylic acids is 3. The van der Waals surface area contributed by atoms with Gasteiger partial charge in [0, 0.05) is 30.4 Å². The van der Waals surface area contributed by atoms with Gasteiger partial charge in [-0.05, 0) is 42.3 Å². The van der Waals surface area contributed by atoms with Crippen molar-refractivity contribution in [2.45, 2.75) is 13.3 Å². The molecule has 0 atom stereocenters. The van der Waals surface area contributed by atoms with E-state index in [-0.39, 0.29) is 5.57 Å². The van der Waals surface area contributed by atoms with Crippen LogP contribution in [0.3, 0.4) is 0 Å². The van der Waals surface area contributed by atoms with Crippen LogP contribution in [0.25, 0.3) is 6.08 Å². The molecule has 8 heteroatoms. The van der Waals surface area contributed by atoms with Crippen LogP contribution in [0.15, 0.2) is 48.0 Å². The van der Waals surface area contributed by atoms with Crippen molar-refractivity contribution in [3.05, 3.63) is 59.2 Å². The molecule has 166 valence electrons. The van der Waals surface area contributed by atoms with Crippen LogP contribution in [0.2, 0.25) is 0 Å². The molecule has 0 bridgehead atoms. The normalized spacial score (nSPS) is 18.2. The maximum Gasteiger partial charge on any atom is 0.335 e. The molecule has 2 aliphatic heterocycles. The Balaban J connectivity index is 1.66. The topological polar surface area (TPSA) is 88.2 Å². The van der Waals surface area contributed by atoms with Gasteiger partial charge in [-0.25, -0.2) is 9.69 Å². The summed E-state index contributed by atoms with van der Waals surface area (Å²) >= 11 is 0. The van der Waals surface area contributed by atoms with E-state index in [4.69, 9.17) is 9.47 Å². The maximum absolute atomic E-state index is 13.1. The van der Waals surface area contributed by atoms with Crippen molar-refractivity contribution in [1.29, 1.82) is 0 Å². The zero-order valence-electron chi connectivity index (χ0n) is 18.1. The van der Waals surface area contributed by atoms with Crippen LogP contribution in [-0.2, 0) is 20.7 Å². The third-order valence-corrected chi connectivity index (χ3v) is 5.60. The van der Waals surface area contributed by atoms with Crippen molar-refractivity contribution in [2.24, 2.45) is 0 Å². The number of rotatable bonds is 5. The van der Waals surface area contributed by atoms with E-state index < -0.39 is 17.8 Å². The second kappa shape index (κ2) is 9.23. The second-order valence-electron chi connectivity index (χ2n) is 7.50. The first-order chi connectivity index (χ1) is 15.5. The van der Waals surface area contributed by atoms with Gasteiger partial charge < -0.3 is 14.4 Å². The zero-order valence-corrected chi connectivity index (χ0v) is 18.1. The van der Waals surface area contributed by atoms with Crippen LogP contribution in [-0.4, -0.2) is 51.3 Å². The standard InChI is InChI=1S/C24H25N3O5/c1-3-16-4-7-18(8-5-16)27-23(29)20(22(28)25-24(27)30)14-17-6-9-19(15-21(17)31-2)26-10-12-32-13-11-26/h4-9,14-15H,3,10-13H2,1-2H3,(H,25,28,30)/b20-14+. The Labute approximate surface area is 186 Å². The van der Waals surface area contributed by atoms with Crippen LogP contribution in [0.4, 0.5) is 16.2 Å². The number of urea groups is 1. The molecular formula is C24H25N3O5. The Kier molecular flexibility index (Phi) is 6.23. The van der Waals surface area contributed by atoms with Crippen molar-refractivity contribution in [3.8, 4) is 5.75 Å². The summed E-state index contributed by atoms with van der Waals surface area (Å²) in [7, 11) is 1.54. The lowest BCUT2D eigenvalue weighted by atomic mass is 10.0. The van der Waals surface area contributed by atoms with Gasteiger partial charge in [0.2, 0.25) is 0 Å². The molecule has 1 N–H and O–H groups in total. The minimum absolute atomic E-state index is 0.137. The first kappa shape index (κ1) is 21.6. The number of nitrogens with one attached hydrogen (secondary N) is 1. The minimum Gasteiger partial charge on any atom is -0.496 e. The highest BCUT2D eigenvalue weighted by atomic mass is 16.5. The summed E-state index contributed by atoms with van der Waals surface area (Å²) in [5, 5.41) is 2.25. The number of methoxy groups -OCH3 is 1. The lowest BCUT2D eigenvalue weighted by molar-refractivity contribution is -0.122. The Morgan fingerprint density at radius 1 is 1.03 bits per heavy atom. The maximum atomic E-state index is 13.1. The first-order valence-corrected chi connectivity index (χ1v) is 10.5. The van der Waals surface area contributed by atoms with Crippen LogP contribution in [0, 0.1) is 0 Å². The van der Waals surface area contributed by atoms with E-state index in [9.17, 15) is 14.4 Å². The SMILES string of the molecule is CCc1ccc(N2C(=O)NC(=O)/C(=C\c3ccc(N4CCOCC4)cc3OC)C2=O)cc1. The highest BCUT2D eigenvalue weighted by Gasteiger charge is 2.37. The highest BCUT2D eigenvalue weighted by Crippen LogP contribution is 2.29. The highest BCUT2D eigenvalue weighted by molar-refractivity contribution is 6.39. The van der Waals surface area contributed by atoms with Crippen molar-refractivity contribution < 1.29 is 23.9 Å². The van der Waals surface area contributed by atoms with Gasteiger partial charge >= 0.3 is 6.03 Å². The summed E-state index contributed by atoms with van der Waals surface area (Å²) in [5.41, 5.74) is 2.88. The number of ether oxygens (including phenoxy) is 2. The molecule has 2 heterocycles. The van der Waals surface area contributed by atoms with E-state index in [0.717, 1.165) is 35.7 Å². The molecule has 2 aliphatic rings. The largest absolute Gasteiger partial charge is 0.496 e. The fourth-order valence-corrected chi connectivity index (χ4v) is 3.77. The summed E-state index contributed by atoms with van der Waals surface area (Å²) in [4.78, 5) is 41.2. The van der Waals surface area contributed by atoms with Crippen molar-refractivity contribution in [3.63, 3.8) is 0 Å². The van der Waals surface area contributed by atoms with Gasteiger partial charge in [-0.1, -0.05) is 19.1 Å². The minimum atomic E-state index is -0.768. The van der Waals surface area contributed by atoms with Gasteiger partial charge in [0.25, 0.3) is 11.8 Å². The summed E-state index contributed by atoms with van der Waals surface area (Å²) in [6, 6.07) is 11.9. The average molecular weight is 435 g/mol. The van der Waals surface area contributed by atoms with Crippen molar-refractivity contribution in [1.82, 2.24) is 5.32 Å². The smallest absolute Gasteiger partial charge is 0.335 e. The first-order valence-electron chi connectivity index (χ1n) is 10.5. The number of barbiturate groups is 1. The Bertz CT molecular complexity index is 1070. The number of amides is 4. The van der Waals surface area contributed by atoms with E-state index in [1.54, 1.807) is 18.2 Å². The summed E-state index contributed by atoms with van der Waals surface area (Å²) < 4.78 is 10.9. The Hall–Kier alpha value is -3.65. The number of aryl methyl sites for hydroxylation is 1. The molecular weight excluding hydrogens is 410 g/mol. The predicted molar refractivity (Wildman–Crippen MR) is 121 cm³/mol. The molecule has 0 radical (unpaired) electrons. The number of nitrogens with zero attached hydrogens (tertiary/aromatic N) is 2. The molecule has 2 aromatic carbocycles. The fraction of sp³-hybridized carbons (Fsp3) is 0.292. The number of morpholine rings is 1. The third-order valence-electron chi connectivity index (χ3n) is 5.60. The molecule has 0 spiro atoms. The monoisotopic (exact) mass is 435 g/mol. The van der Waals surface area contributed by atoms with E-state index >= 15 is 0 Å². The van der Waals surface area contributed by atoms with Gasteiger partial charge in [0.15, 0.2) is 0 Å². The number of anilines is 2. The Morgan fingerprint density at radius 3 is 2.38 bits per heavy atom. The van der Waals surface area contributed by atoms with Crippen molar-refractivity contribution >= 4 is 35.3 Å². The van der Waals surface area contributed by atoms with Crippen LogP contribution < -0.4 is 19.9 Å². The van der Waals surface area contributed by atoms with Gasteiger partial charge in [-0.15, -0.1) is 0 Å². The summed E-state index contributed by atoms with van der Waals surface area (Å²) in [6.07, 6.45) is 2.30. The number of hydrogen-bond acceptors (Lipinski definition) is 6. The van der Waals surface area contributed by atoms with Crippen molar-refractivity contribution in [2.75, 3.05) is 43.2 Å². The Morgan fingerprint density at radius 2 is 1.72 bits per heavy atom. The second-order valence-corrected chi connectivity index (χ2v) is 7.50. The lowest BCUT2D eigenvalue weighted by Crippen LogP contribution is -2.54. The molecule has 0 unspecified atom stereocenters. The summed E-state index contributed by atoms with van der Waals surface area (Å²) in [5.74, 6) is -0.888. The molecule has 2 saturated heterocycles. The van der Waals surface area contributed by atoms with Crippen LogP contribution in [0.1, 0.15) is 18.1 Å². The molecule has 4 rings (SSSR count). The van der Waals surface area contributed by atoms with Crippen LogP contribution in [0.5, 0.6) is 5.75 Å². The molecule has 0 aromatic heterocycles. The number of benzene rings is 2. The van der Waals surface area contributed by atoms with E-state index in [2.05, 4.69) is 10.2 Å². The molecule has 2 aromatic rings. The quantitative estimate of drug-likeness (QED) is 0.574. The number of carbonyl (C=O) groups is 3. The average Bonchev–Trinajstić information content (AvgIpc) is 2.82. The molecule has 0 saturated carbocycles. The molecule has 2 fully saturated rings. The van der Waals surface area contributed by atoms with Gasteiger partial charge in [0.05, 0.1) is 26.0 Å². The molecule has 0 aliphatic carbocycles. The number of hydrogen-bond donors (Lipinski definition) is 1. The predicted octanol–water partition coefficient (Wildman–Crippen LogP) is 2.76.